The van der Waals surface area contributed by atoms with Crippen molar-refractivity contribution in [3.8, 4) is 0 Å². The molecule has 6 heteroatoms. The Balaban J connectivity index is 1.29. The molecule has 3 aromatic rings. The van der Waals surface area contributed by atoms with Crippen LogP contribution in [0.4, 0.5) is 11.6 Å². The number of nitrogens with zero attached hydrogens (tertiary/aromatic N) is 5. The molecule has 3 heterocycles. The van der Waals surface area contributed by atoms with Crippen LogP contribution in [-0.2, 0) is 6.42 Å². The second-order valence-corrected chi connectivity index (χ2v) is 7.09. The molecule has 0 atom stereocenters. The van der Waals surface area contributed by atoms with Crippen LogP contribution in [0.25, 0.3) is 15.7 Å². The fourth-order valence-corrected chi connectivity index (χ4v) is 3.70. The third-order valence-electron chi connectivity index (χ3n) is 5.24. The van der Waals surface area contributed by atoms with Crippen LogP contribution in [0.15, 0.2) is 36.7 Å². The van der Waals surface area contributed by atoms with Crippen LogP contribution in [0.1, 0.15) is 17.7 Å². The van der Waals surface area contributed by atoms with Crippen LogP contribution in [0.3, 0.4) is 0 Å². The van der Waals surface area contributed by atoms with Crippen molar-refractivity contribution in [2.75, 3.05) is 37.6 Å². The number of hydrogen-bond donors (Lipinski definition) is 1. The van der Waals surface area contributed by atoms with E-state index in [-0.39, 0.29) is 0 Å². The minimum Gasteiger partial charge on any atom is -0.361 e. The largest absolute Gasteiger partial charge is 0.361 e. The highest BCUT2D eigenvalue weighted by Crippen LogP contribution is 2.25. The van der Waals surface area contributed by atoms with Gasteiger partial charge in [0.1, 0.15) is 0 Å². The monoisotopic (exact) mass is 360 g/mol. The maximum absolute atomic E-state index is 7.20. The Morgan fingerprint density at radius 1 is 1.19 bits per heavy atom. The highest BCUT2D eigenvalue weighted by atomic mass is 15.3. The van der Waals surface area contributed by atoms with Gasteiger partial charge in [0.2, 0.25) is 5.95 Å². The normalized spacial score (nSPS) is 15.2. The average molecular weight is 360 g/mol. The first-order valence-corrected chi connectivity index (χ1v) is 9.47. The van der Waals surface area contributed by atoms with E-state index in [1.54, 1.807) is 0 Å². The second kappa shape index (κ2) is 7.77. The highest BCUT2D eigenvalue weighted by Gasteiger charge is 2.18. The molecule has 0 radical (unpaired) electrons. The summed E-state index contributed by atoms with van der Waals surface area (Å²) in [5.41, 5.74) is 4.15. The quantitative estimate of drug-likeness (QED) is 0.707. The molecule has 0 bridgehead atoms. The minimum atomic E-state index is 0.706. The topological polar surface area (TPSA) is 52.4 Å². The molecule has 6 nitrogen and oxygen atoms in total. The van der Waals surface area contributed by atoms with Crippen LogP contribution in [0.5, 0.6) is 0 Å². The Morgan fingerprint density at radius 3 is 2.81 bits per heavy atom. The summed E-state index contributed by atoms with van der Waals surface area (Å²) in [7, 11) is 0. The fraction of sp³-hybridized carbons (Fsp3) is 0.381. The lowest BCUT2D eigenvalue weighted by atomic mass is 10.1. The van der Waals surface area contributed by atoms with Crippen molar-refractivity contribution in [2.24, 2.45) is 0 Å². The Morgan fingerprint density at radius 2 is 2.04 bits per heavy atom. The van der Waals surface area contributed by atoms with Gasteiger partial charge in [0.15, 0.2) is 5.69 Å². The van der Waals surface area contributed by atoms with E-state index in [1.165, 1.54) is 10.9 Å². The summed E-state index contributed by atoms with van der Waals surface area (Å²) in [6, 6.07) is 7.80. The van der Waals surface area contributed by atoms with E-state index in [1.807, 2.05) is 37.4 Å². The zero-order valence-electron chi connectivity index (χ0n) is 15.6. The fourth-order valence-electron chi connectivity index (χ4n) is 3.70. The number of H-pyrrole nitrogens is 1. The number of hydrogen-bond acceptors (Lipinski definition) is 4. The molecular formula is C21H24N6. The number of aromatic amines is 1. The number of nitrogens with one attached hydrogen (secondary N) is 1. The zero-order chi connectivity index (χ0) is 18.6. The Labute approximate surface area is 159 Å². The van der Waals surface area contributed by atoms with Crippen molar-refractivity contribution in [1.82, 2.24) is 19.9 Å². The molecule has 1 N–H and O–H groups in total. The molecule has 0 spiro atoms. The maximum atomic E-state index is 7.20. The molecular weight excluding hydrogens is 336 g/mol. The van der Waals surface area contributed by atoms with Gasteiger partial charge >= 0.3 is 0 Å². The number of fused-ring (bicyclic) bond motifs is 1. The van der Waals surface area contributed by atoms with Gasteiger partial charge in [-0.1, -0.05) is 6.07 Å². The number of anilines is 1. The summed E-state index contributed by atoms with van der Waals surface area (Å²) in [6.45, 7) is 14.4. The molecule has 0 saturated carbocycles. The van der Waals surface area contributed by atoms with Crippen molar-refractivity contribution in [1.29, 1.82) is 0 Å². The second-order valence-electron chi connectivity index (χ2n) is 7.09. The third-order valence-corrected chi connectivity index (χ3v) is 5.24. The van der Waals surface area contributed by atoms with Gasteiger partial charge in [-0.15, -0.1) is 0 Å². The maximum Gasteiger partial charge on any atom is 0.225 e. The Kier molecular flexibility index (Phi) is 5.03. The van der Waals surface area contributed by atoms with Gasteiger partial charge in [-0.05, 0) is 55.5 Å². The van der Waals surface area contributed by atoms with Crippen molar-refractivity contribution in [3.63, 3.8) is 0 Å². The van der Waals surface area contributed by atoms with Crippen LogP contribution in [0.2, 0.25) is 0 Å². The minimum absolute atomic E-state index is 0.706. The molecule has 0 aliphatic carbocycles. The number of aryl methyl sites for hydroxylation is 2. The predicted molar refractivity (Wildman–Crippen MR) is 108 cm³/mol. The van der Waals surface area contributed by atoms with Crippen molar-refractivity contribution < 1.29 is 0 Å². The first kappa shape index (κ1) is 17.5. The molecule has 27 heavy (non-hydrogen) atoms. The summed E-state index contributed by atoms with van der Waals surface area (Å²) in [4.78, 5) is 20.6. The highest BCUT2D eigenvalue weighted by molar-refractivity contribution is 5.86. The molecule has 0 unspecified atom stereocenters. The van der Waals surface area contributed by atoms with Gasteiger partial charge in [0.05, 0.1) is 6.57 Å². The molecule has 1 aliphatic heterocycles. The summed E-state index contributed by atoms with van der Waals surface area (Å²) >= 11 is 0. The standard InChI is InChI=1S/C21H24N6/c1-16-7-8-23-21(25-16)27-12-10-26(11-13-27)9-3-4-17-15-24-20-6-5-18(22-2)14-19(17)20/h5-8,14-15,24H,3-4,9-13H2,1H3. The van der Waals surface area contributed by atoms with Crippen molar-refractivity contribution in [3.05, 3.63) is 59.3 Å². The van der Waals surface area contributed by atoms with Crippen LogP contribution in [0, 0.1) is 13.5 Å². The van der Waals surface area contributed by atoms with Gasteiger partial charge in [-0.3, -0.25) is 4.90 Å². The summed E-state index contributed by atoms with van der Waals surface area (Å²) in [5.74, 6) is 0.851. The molecule has 0 amide bonds. The first-order chi connectivity index (χ1) is 13.2. The summed E-state index contributed by atoms with van der Waals surface area (Å²) < 4.78 is 0. The summed E-state index contributed by atoms with van der Waals surface area (Å²) in [6.07, 6.45) is 6.08. The van der Waals surface area contributed by atoms with Crippen molar-refractivity contribution in [2.45, 2.75) is 19.8 Å². The van der Waals surface area contributed by atoms with Gasteiger partial charge < -0.3 is 9.88 Å². The molecule has 1 fully saturated rings. The Bertz CT molecular complexity index is 962. The lowest BCUT2D eigenvalue weighted by Gasteiger charge is -2.34. The number of piperazine rings is 1. The number of aromatic nitrogens is 3. The lowest BCUT2D eigenvalue weighted by Crippen LogP contribution is -2.47. The van der Waals surface area contributed by atoms with E-state index >= 15 is 0 Å². The molecule has 1 aromatic carbocycles. The van der Waals surface area contributed by atoms with Gasteiger partial charge in [-0.25, -0.2) is 14.8 Å². The van der Waals surface area contributed by atoms with Gasteiger partial charge in [0, 0.05) is 49.8 Å². The average Bonchev–Trinajstić information content (AvgIpc) is 3.11. The first-order valence-electron chi connectivity index (χ1n) is 9.47. The van der Waals surface area contributed by atoms with E-state index in [0.717, 1.165) is 62.7 Å². The lowest BCUT2D eigenvalue weighted by molar-refractivity contribution is 0.254. The molecule has 2 aromatic heterocycles. The van der Waals surface area contributed by atoms with Crippen LogP contribution in [-0.4, -0.2) is 52.6 Å². The van der Waals surface area contributed by atoms with E-state index < -0.39 is 0 Å². The summed E-state index contributed by atoms with van der Waals surface area (Å²) in [5, 5.41) is 1.19. The van der Waals surface area contributed by atoms with Gasteiger partial charge in [-0.2, -0.15) is 0 Å². The smallest absolute Gasteiger partial charge is 0.225 e. The van der Waals surface area contributed by atoms with E-state index in [0.29, 0.717) is 5.69 Å². The van der Waals surface area contributed by atoms with E-state index in [4.69, 9.17) is 6.57 Å². The van der Waals surface area contributed by atoms with Crippen LogP contribution < -0.4 is 4.90 Å². The SMILES string of the molecule is [C-]#[N+]c1ccc2[nH]cc(CCCN3CCN(c4nccc(C)n4)CC3)c2c1. The third kappa shape index (κ3) is 3.93. The number of rotatable bonds is 5. The zero-order valence-corrected chi connectivity index (χ0v) is 15.6. The van der Waals surface area contributed by atoms with E-state index in [2.05, 4.69) is 35.8 Å². The van der Waals surface area contributed by atoms with Crippen molar-refractivity contribution >= 4 is 22.5 Å². The number of benzene rings is 1. The molecule has 1 saturated heterocycles. The van der Waals surface area contributed by atoms with Gasteiger partial charge in [0.25, 0.3) is 0 Å². The molecule has 138 valence electrons. The predicted octanol–water partition coefficient (Wildman–Crippen LogP) is 3.57. The van der Waals surface area contributed by atoms with Crippen LogP contribution >= 0.6 is 0 Å². The molecule has 4 rings (SSSR count). The van der Waals surface area contributed by atoms with E-state index in [9.17, 15) is 0 Å². The molecule has 1 aliphatic rings. The Hall–Kier alpha value is -2.91.